The number of pyridine rings is 1. The highest BCUT2D eigenvalue weighted by Crippen LogP contribution is 2.25. The van der Waals surface area contributed by atoms with Crippen LogP contribution >= 0.6 is 0 Å². The van der Waals surface area contributed by atoms with Crippen molar-refractivity contribution in [3.8, 4) is 28.4 Å². The minimum atomic E-state index is -0.191. The zero-order valence-corrected chi connectivity index (χ0v) is 20.1. The molecule has 0 unspecified atom stereocenters. The lowest BCUT2D eigenvalue weighted by Gasteiger charge is -2.12. The largest absolute Gasteiger partial charge is 0.497 e. The van der Waals surface area contributed by atoms with E-state index in [2.05, 4.69) is 0 Å². The average molecular weight is 467 g/mol. The maximum Gasteiger partial charge on any atom is 0.267 e. The van der Waals surface area contributed by atoms with Crippen LogP contribution in [0.25, 0.3) is 22.6 Å². The van der Waals surface area contributed by atoms with Gasteiger partial charge in [-0.25, -0.2) is 9.67 Å². The fourth-order valence-corrected chi connectivity index (χ4v) is 4.10. The summed E-state index contributed by atoms with van der Waals surface area (Å²) in [5, 5.41) is 4.74. The van der Waals surface area contributed by atoms with E-state index in [1.54, 1.807) is 24.1 Å². The van der Waals surface area contributed by atoms with Gasteiger partial charge in [0.1, 0.15) is 18.1 Å². The summed E-state index contributed by atoms with van der Waals surface area (Å²) >= 11 is 0. The number of hydrogen-bond acceptors (Lipinski definition) is 5. The summed E-state index contributed by atoms with van der Waals surface area (Å²) in [6.07, 6.45) is 1.71. The zero-order valence-electron chi connectivity index (χ0n) is 20.1. The van der Waals surface area contributed by atoms with Crippen molar-refractivity contribution in [3.05, 3.63) is 106 Å². The fourth-order valence-electron chi connectivity index (χ4n) is 4.10. The Kier molecular flexibility index (Phi) is 5.82. The Bertz CT molecular complexity index is 1580. The van der Waals surface area contributed by atoms with Crippen molar-refractivity contribution in [1.29, 1.82) is 0 Å². The Morgan fingerprint density at radius 3 is 2.51 bits per heavy atom. The van der Waals surface area contributed by atoms with Crippen molar-refractivity contribution in [2.75, 3.05) is 7.11 Å². The lowest BCUT2D eigenvalue weighted by molar-refractivity contribution is 0.308. The normalized spacial score (nSPS) is 11.1. The smallest absolute Gasteiger partial charge is 0.267 e. The number of fused-ring (bicyclic) bond motifs is 1. The molecule has 0 amide bonds. The van der Waals surface area contributed by atoms with Gasteiger partial charge in [0.15, 0.2) is 11.4 Å². The van der Waals surface area contributed by atoms with Gasteiger partial charge >= 0.3 is 0 Å². The first-order valence-electron chi connectivity index (χ1n) is 11.4. The van der Waals surface area contributed by atoms with Crippen molar-refractivity contribution in [3.63, 3.8) is 0 Å². The van der Waals surface area contributed by atoms with Crippen molar-refractivity contribution < 1.29 is 9.47 Å². The van der Waals surface area contributed by atoms with E-state index >= 15 is 0 Å². The number of hydrogen-bond donors (Lipinski definition) is 0. The predicted molar refractivity (Wildman–Crippen MR) is 136 cm³/mol. The second-order valence-corrected chi connectivity index (χ2v) is 8.50. The van der Waals surface area contributed by atoms with Crippen LogP contribution in [-0.4, -0.2) is 26.3 Å². The van der Waals surface area contributed by atoms with Crippen LogP contribution in [0.3, 0.4) is 0 Å². The lowest BCUT2D eigenvalue weighted by atomic mass is 10.1. The van der Waals surface area contributed by atoms with Crippen LogP contribution in [-0.2, 0) is 6.61 Å². The van der Waals surface area contributed by atoms with Gasteiger partial charge in [0.05, 0.1) is 24.1 Å². The number of ether oxygens (including phenoxy) is 2. The van der Waals surface area contributed by atoms with Crippen molar-refractivity contribution in [2.45, 2.75) is 27.4 Å². The third kappa shape index (κ3) is 4.28. The third-order valence-corrected chi connectivity index (χ3v) is 5.96. The van der Waals surface area contributed by atoms with E-state index in [-0.39, 0.29) is 5.56 Å². The number of benzene rings is 2. The standard InChI is InChI=1S/C28H26N4O3/c1-18-10-12-21(13-11-18)17-35-25-9-6-14-31-27(25)29-20(3)26(28(31)33)24-15-19(2)32(30-24)22-7-5-8-23(16-22)34-4/h5-16H,17H2,1-4H3. The van der Waals surface area contributed by atoms with Crippen LogP contribution in [0.5, 0.6) is 11.5 Å². The van der Waals surface area contributed by atoms with E-state index in [0.29, 0.717) is 35.0 Å². The van der Waals surface area contributed by atoms with E-state index in [1.165, 1.54) is 9.96 Å². The maximum absolute atomic E-state index is 13.6. The van der Waals surface area contributed by atoms with Gasteiger partial charge < -0.3 is 9.47 Å². The SMILES string of the molecule is COc1cccc(-n2nc(-c3c(C)nc4c(OCc5ccc(C)cc5)cccn4c3=O)cc2C)c1. The van der Waals surface area contributed by atoms with Crippen LogP contribution in [0.1, 0.15) is 22.5 Å². The second-order valence-electron chi connectivity index (χ2n) is 8.50. The van der Waals surface area contributed by atoms with Crippen molar-refractivity contribution in [1.82, 2.24) is 19.2 Å². The molecule has 35 heavy (non-hydrogen) atoms. The Morgan fingerprint density at radius 2 is 1.74 bits per heavy atom. The van der Waals surface area contributed by atoms with Crippen LogP contribution in [0.2, 0.25) is 0 Å². The van der Waals surface area contributed by atoms with E-state index in [9.17, 15) is 4.79 Å². The maximum atomic E-state index is 13.6. The Balaban J connectivity index is 1.54. The number of nitrogens with zero attached hydrogens (tertiary/aromatic N) is 4. The first kappa shape index (κ1) is 22.4. The first-order chi connectivity index (χ1) is 16.9. The Labute approximate surface area is 203 Å². The van der Waals surface area contributed by atoms with Gasteiger partial charge in [0.2, 0.25) is 0 Å². The minimum Gasteiger partial charge on any atom is -0.497 e. The highest BCUT2D eigenvalue weighted by atomic mass is 16.5. The molecule has 0 fully saturated rings. The molecule has 7 heteroatoms. The van der Waals surface area contributed by atoms with E-state index in [0.717, 1.165) is 22.7 Å². The van der Waals surface area contributed by atoms with Crippen molar-refractivity contribution >= 4 is 5.65 Å². The summed E-state index contributed by atoms with van der Waals surface area (Å²) in [6.45, 7) is 6.22. The van der Waals surface area contributed by atoms with Crippen LogP contribution in [0.15, 0.2) is 77.7 Å². The van der Waals surface area contributed by atoms with Gasteiger partial charge in [-0.1, -0.05) is 35.9 Å². The molecule has 0 bridgehead atoms. The lowest BCUT2D eigenvalue weighted by Crippen LogP contribution is -2.19. The topological polar surface area (TPSA) is 70.7 Å². The fraction of sp³-hybridized carbons (Fsp3) is 0.179. The summed E-state index contributed by atoms with van der Waals surface area (Å²) in [5.41, 5.74) is 5.91. The molecule has 5 aromatic rings. The quantitative estimate of drug-likeness (QED) is 0.350. The molecule has 5 rings (SSSR count). The number of aromatic nitrogens is 4. The molecule has 0 N–H and O–H groups in total. The molecular weight excluding hydrogens is 440 g/mol. The monoisotopic (exact) mass is 466 g/mol. The number of aryl methyl sites for hydroxylation is 3. The predicted octanol–water partition coefficient (Wildman–Crippen LogP) is 5.06. The molecule has 0 radical (unpaired) electrons. The average Bonchev–Trinajstić information content (AvgIpc) is 3.24. The van der Waals surface area contributed by atoms with Gasteiger partial charge in [0.25, 0.3) is 5.56 Å². The minimum absolute atomic E-state index is 0.191. The van der Waals surface area contributed by atoms with Crippen molar-refractivity contribution in [2.24, 2.45) is 0 Å². The molecule has 176 valence electrons. The molecule has 0 aliphatic rings. The Hall–Kier alpha value is -4.39. The van der Waals surface area contributed by atoms with Crippen LogP contribution < -0.4 is 15.0 Å². The van der Waals surface area contributed by atoms with Gasteiger partial charge in [0, 0.05) is 18.0 Å². The van der Waals surface area contributed by atoms with Gasteiger partial charge in [-0.2, -0.15) is 5.10 Å². The van der Waals surface area contributed by atoms with E-state index < -0.39 is 0 Å². The number of methoxy groups -OCH3 is 1. The van der Waals surface area contributed by atoms with Gasteiger partial charge in [-0.3, -0.25) is 9.20 Å². The number of rotatable bonds is 6. The Morgan fingerprint density at radius 1 is 0.943 bits per heavy atom. The summed E-state index contributed by atoms with van der Waals surface area (Å²) in [6, 6.07) is 21.3. The second kappa shape index (κ2) is 9.10. The zero-order chi connectivity index (χ0) is 24.5. The summed E-state index contributed by atoms with van der Waals surface area (Å²) < 4.78 is 14.7. The summed E-state index contributed by atoms with van der Waals surface area (Å²) in [5.74, 6) is 1.29. The molecule has 2 aromatic carbocycles. The molecule has 0 aliphatic carbocycles. The first-order valence-corrected chi connectivity index (χ1v) is 11.4. The molecule has 0 spiro atoms. The molecular formula is C28H26N4O3. The molecule has 0 aliphatic heterocycles. The van der Waals surface area contributed by atoms with Gasteiger partial charge in [-0.05, 0) is 56.7 Å². The van der Waals surface area contributed by atoms with E-state index in [4.69, 9.17) is 19.6 Å². The van der Waals surface area contributed by atoms with Gasteiger partial charge in [-0.15, -0.1) is 0 Å². The van der Waals surface area contributed by atoms with Crippen LogP contribution in [0, 0.1) is 20.8 Å². The molecule has 0 atom stereocenters. The molecule has 7 nitrogen and oxygen atoms in total. The summed E-state index contributed by atoms with van der Waals surface area (Å²) in [7, 11) is 1.63. The molecule has 0 saturated heterocycles. The van der Waals surface area contributed by atoms with Crippen LogP contribution in [0.4, 0.5) is 0 Å². The highest BCUT2D eigenvalue weighted by Gasteiger charge is 2.18. The molecule has 3 aromatic heterocycles. The van der Waals surface area contributed by atoms with E-state index in [1.807, 2.05) is 81.4 Å². The highest BCUT2D eigenvalue weighted by molar-refractivity contribution is 5.66. The third-order valence-electron chi connectivity index (χ3n) is 5.96. The molecule has 0 saturated carbocycles. The summed E-state index contributed by atoms with van der Waals surface area (Å²) in [4.78, 5) is 18.3. The molecule has 3 heterocycles.